The van der Waals surface area contributed by atoms with E-state index in [4.69, 9.17) is 9.72 Å². The Morgan fingerprint density at radius 2 is 1.57 bits per heavy atom. The molecule has 186 valence electrons. The van der Waals surface area contributed by atoms with Crippen molar-refractivity contribution in [3.05, 3.63) is 112 Å². The average Bonchev–Trinajstić information content (AvgIpc) is 3.28. The smallest absolute Gasteiger partial charge is 0.339 e. The first-order valence-electron chi connectivity index (χ1n) is 12.8. The summed E-state index contributed by atoms with van der Waals surface area (Å²) in [5, 5.41) is 0.751. The Morgan fingerprint density at radius 1 is 0.892 bits per heavy atom. The molecule has 0 saturated carbocycles. The summed E-state index contributed by atoms with van der Waals surface area (Å²) in [6.45, 7) is 8.25. The zero-order chi connectivity index (χ0) is 26.2. The second-order valence-corrected chi connectivity index (χ2v) is 10.7. The van der Waals surface area contributed by atoms with Crippen LogP contribution in [0.15, 0.2) is 78.9 Å². The summed E-state index contributed by atoms with van der Waals surface area (Å²) < 4.78 is 5.75. The average molecular weight is 490 g/mol. The number of pyridine rings is 1. The fourth-order valence-corrected chi connectivity index (χ4v) is 4.90. The number of hydrogen-bond donors (Lipinski definition) is 0. The van der Waals surface area contributed by atoms with Crippen LogP contribution in [0, 0.1) is 0 Å². The summed E-state index contributed by atoms with van der Waals surface area (Å²) >= 11 is 0. The monoisotopic (exact) mass is 489 g/mol. The van der Waals surface area contributed by atoms with Crippen LogP contribution in [0.1, 0.15) is 77.2 Å². The number of carbonyl (C=O) groups excluding carboxylic acids is 2. The van der Waals surface area contributed by atoms with Crippen LogP contribution in [-0.2, 0) is 16.6 Å². The van der Waals surface area contributed by atoms with Gasteiger partial charge in [0.15, 0.2) is 6.10 Å². The fraction of sp³-hybridized carbons (Fsp3) is 0.242. The highest BCUT2D eigenvalue weighted by Gasteiger charge is 2.29. The minimum atomic E-state index is -0.893. The molecule has 4 heteroatoms. The summed E-state index contributed by atoms with van der Waals surface area (Å²) in [5.41, 5.74) is 7.10. The van der Waals surface area contributed by atoms with Gasteiger partial charge in [-0.25, -0.2) is 9.78 Å². The van der Waals surface area contributed by atoms with Crippen molar-refractivity contribution in [2.75, 3.05) is 0 Å². The summed E-state index contributed by atoms with van der Waals surface area (Å²) in [6, 6.07) is 25.2. The lowest BCUT2D eigenvalue weighted by Crippen LogP contribution is -2.25. The summed E-state index contributed by atoms with van der Waals surface area (Å²) in [7, 11) is 0. The van der Waals surface area contributed by atoms with Crippen molar-refractivity contribution >= 4 is 34.3 Å². The lowest BCUT2D eigenvalue weighted by atomic mass is 9.86. The number of benzene rings is 3. The molecule has 4 aromatic rings. The Kier molecular flexibility index (Phi) is 6.51. The SMILES string of the molecule is CC(OC(=O)c1c2c(nc3ccccc13)C(=Cc1ccc(C(C)(C)C)cc1)CC2)C(=O)c1ccccc1. The molecule has 1 unspecified atom stereocenters. The maximum atomic E-state index is 13.5. The Bertz CT molecular complexity index is 1510. The third kappa shape index (κ3) is 4.97. The van der Waals surface area contributed by atoms with E-state index >= 15 is 0 Å². The molecule has 1 heterocycles. The molecule has 1 atom stereocenters. The number of Topliss-reactive ketones (excluding diaryl/α,β-unsaturated/α-hetero) is 1. The molecule has 0 aliphatic heterocycles. The van der Waals surface area contributed by atoms with Crippen LogP contribution in [0.4, 0.5) is 0 Å². The largest absolute Gasteiger partial charge is 0.451 e. The van der Waals surface area contributed by atoms with E-state index in [9.17, 15) is 9.59 Å². The third-order valence-electron chi connectivity index (χ3n) is 6.97. The van der Waals surface area contributed by atoms with Crippen molar-refractivity contribution in [3.8, 4) is 0 Å². The molecule has 37 heavy (non-hydrogen) atoms. The first-order chi connectivity index (χ1) is 17.7. The van der Waals surface area contributed by atoms with Crippen LogP contribution in [0.3, 0.4) is 0 Å². The molecule has 0 radical (unpaired) electrons. The van der Waals surface area contributed by atoms with Crippen LogP contribution in [0.5, 0.6) is 0 Å². The second kappa shape index (κ2) is 9.78. The number of allylic oxidation sites excluding steroid dienone is 1. The predicted molar refractivity (Wildman–Crippen MR) is 149 cm³/mol. The van der Waals surface area contributed by atoms with Crippen molar-refractivity contribution in [3.63, 3.8) is 0 Å². The van der Waals surface area contributed by atoms with Gasteiger partial charge in [0.2, 0.25) is 5.78 Å². The molecule has 0 amide bonds. The topological polar surface area (TPSA) is 56.3 Å². The quantitative estimate of drug-likeness (QED) is 0.216. The van der Waals surface area contributed by atoms with Gasteiger partial charge in [0, 0.05) is 10.9 Å². The number of nitrogens with zero attached hydrogens (tertiary/aromatic N) is 1. The molecular weight excluding hydrogens is 458 g/mol. The van der Waals surface area contributed by atoms with E-state index in [0.717, 1.165) is 39.7 Å². The van der Waals surface area contributed by atoms with Gasteiger partial charge in [-0.2, -0.15) is 0 Å². The van der Waals surface area contributed by atoms with Crippen molar-refractivity contribution in [1.29, 1.82) is 0 Å². The van der Waals surface area contributed by atoms with Crippen molar-refractivity contribution in [2.24, 2.45) is 0 Å². The maximum Gasteiger partial charge on any atom is 0.339 e. The van der Waals surface area contributed by atoms with Crippen molar-refractivity contribution in [1.82, 2.24) is 4.98 Å². The highest BCUT2D eigenvalue weighted by molar-refractivity contribution is 6.08. The molecular formula is C33H31NO3. The van der Waals surface area contributed by atoms with Crippen LogP contribution >= 0.6 is 0 Å². The van der Waals surface area contributed by atoms with Crippen LogP contribution < -0.4 is 0 Å². The zero-order valence-electron chi connectivity index (χ0n) is 21.7. The first-order valence-corrected chi connectivity index (χ1v) is 12.8. The van der Waals surface area contributed by atoms with Crippen LogP contribution in [-0.4, -0.2) is 22.8 Å². The molecule has 0 spiro atoms. The lowest BCUT2D eigenvalue weighted by Gasteiger charge is -2.18. The summed E-state index contributed by atoms with van der Waals surface area (Å²) in [4.78, 5) is 31.3. The molecule has 0 saturated heterocycles. The zero-order valence-corrected chi connectivity index (χ0v) is 21.7. The number of para-hydroxylation sites is 1. The number of hydrogen-bond acceptors (Lipinski definition) is 4. The Labute approximate surface area is 218 Å². The van der Waals surface area contributed by atoms with E-state index in [1.807, 2.05) is 30.3 Å². The molecule has 1 aliphatic rings. The highest BCUT2D eigenvalue weighted by Crippen LogP contribution is 2.38. The molecule has 4 nitrogen and oxygen atoms in total. The Balaban J connectivity index is 1.50. The molecule has 0 bridgehead atoms. The van der Waals surface area contributed by atoms with Crippen molar-refractivity contribution < 1.29 is 14.3 Å². The van der Waals surface area contributed by atoms with E-state index in [2.05, 4.69) is 51.1 Å². The molecule has 5 rings (SSSR count). The maximum absolute atomic E-state index is 13.5. The lowest BCUT2D eigenvalue weighted by molar-refractivity contribution is 0.0319. The van der Waals surface area contributed by atoms with Gasteiger partial charge in [-0.1, -0.05) is 93.6 Å². The second-order valence-electron chi connectivity index (χ2n) is 10.7. The minimum Gasteiger partial charge on any atom is -0.451 e. The number of aromatic nitrogens is 1. The van der Waals surface area contributed by atoms with Gasteiger partial charge in [0.25, 0.3) is 0 Å². The molecule has 1 aromatic heterocycles. The van der Waals surface area contributed by atoms with Crippen LogP contribution in [0.25, 0.3) is 22.6 Å². The van der Waals surface area contributed by atoms with Crippen LogP contribution in [0.2, 0.25) is 0 Å². The Hall–Kier alpha value is -4.05. The van der Waals surface area contributed by atoms with Gasteiger partial charge in [-0.15, -0.1) is 0 Å². The first kappa shape index (κ1) is 24.6. The van der Waals surface area contributed by atoms with Gasteiger partial charge in [-0.05, 0) is 59.6 Å². The molecule has 0 fully saturated rings. The number of ether oxygens (including phenoxy) is 1. The van der Waals surface area contributed by atoms with Gasteiger partial charge >= 0.3 is 5.97 Å². The van der Waals surface area contributed by atoms with E-state index in [0.29, 0.717) is 17.5 Å². The number of esters is 1. The number of fused-ring (bicyclic) bond motifs is 2. The number of rotatable bonds is 5. The third-order valence-corrected chi connectivity index (χ3v) is 6.97. The number of carbonyl (C=O) groups is 2. The summed E-state index contributed by atoms with van der Waals surface area (Å²) in [6.07, 6.45) is 2.76. The summed E-state index contributed by atoms with van der Waals surface area (Å²) in [5.74, 6) is -0.703. The van der Waals surface area contributed by atoms with Gasteiger partial charge < -0.3 is 4.74 Å². The van der Waals surface area contributed by atoms with E-state index in [1.165, 1.54) is 5.56 Å². The Morgan fingerprint density at radius 3 is 2.27 bits per heavy atom. The minimum absolute atomic E-state index is 0.0976. The normalized spacial score (nSPS) is 15.0. The van der Waals surface area contributed by atoms with Gasteiger partial charge in [-0.3, -0.25) is 4.79 Å². The standard InChI is InChI=1S/C33H31NO3/c1-21(31(35)23-10-6-5-7-11-23)37-32(36)29-26-12-8-9-13-28(26)34-30-24(16-19-27(29)30)20-22-14-17-25(18-15-22)33(2,3)4/h5-15,17-18,20-21H,16,19H2,1-4H3. The van der Waals surface area contributed by atoms with Gasteiger partial charge in [0.05, 0.1) is 16.8 Å². The predicted octanol–water partition coefficient (Wildman–Crippen LogP) is 7.45. The van der Waals surface area contributed by atoms with E-state index in [1.54, 1.807) is 31.2 Å². The molecule has 1 aliphatic carbocycles. The fourth-order valence-electron chi connectivity index (χ4n) is 4.90. The van der Waals surface area contributed by atoms with E-state index in [-0.39, 0.29) is 11.2 Å². The van der Waals surface area contributed by atoms with E-state index < -0.39 is 12.1 Å². The molecule has 0 N–H and O–H groups in total. The van der Waals surface area contributed by atoms with Crippen molar-refractivity contribution in [2.45, 2.75) is 52.1 Å². The van der Waals surface area contributed by atoms with Gasteiger partial charge in [0.1, 0.15) is 0 Å². The highest BCUT2D eigenvalue weighted by atomic mass is 16.5. The number of ketones is 1. The molecule has 3 aromatic carbocycles.